The van der Waals surface area contributed by atoms with Crippen LogP contribution in [-0.4, -0.2) is 9.61 Å². The van der Waals surface area contributed by atoms with Gasteiger partial charge in [0.25, 0.3) is 0 Å². The van der Waals surface area contributed by atoms with E-state index in [2.05, 4.69) is 5.10 Å². The minimum atomic E-state index is -0.622. The summed E-state index contributed by atoms with van der Waals surface area (Å²) in [4.78, 5) is 0. The average molecular weight is 168 g/mol. The minimum Gasteiger partial charge on any atom is -0.235 e. The predicted molar refractivity (Wildman–Crippen MR) is 39.8 cm³/mol. The van der Waals surface area contributed by atoms with Crippen LogP contribution >= 0.6 is 0 Å². The number of hydrogen-bond acceptors (Lipinski definition) is 1. The fraction of sp³-hybridized carbons (Fsp3) is 0.125. The van der Waals surface area contributed by atoms with Gasteiger partial charge in [0.2, 0.25) is 0 Å². The van der Waals surface area contributed by atoms with Gasteiger partial charge in [-0.25, -0.2) is 13.3 Å². The predicted octanol–water partition coefficient (Wildman–Crippen LogP) is 1.92. The van der Waals surface area contributed by atoms with Gasteiger partial charge in [-0.1, -0.05) is 0 Å². The summed E-state index contributed by atoms with van der Waals surface area (Å²) in [6.45, 7) is 1.73. The Balaban J connectivity index is 2.93. The molecule has 0 saturated carbocycles. The summed E-state index contributed by atoms with van der Waals surface area (Å²) in [7, 11) is 0. The molecule has 0 radical (unpaired) electrons. The molecular formula is C8H6F2N2. The quantitative estimate of drug-likeness (QED) is 0.587. The van der Waals surface area contributed by atoms with Crippen molar-refractivity contribution in [2.75, 3.05) is 0 Å². The molecule has 2 rings (SSSR count). The third-order valence-corrected chi connectivity index (χ3v) is 1.71. The molecule has 0 unspecified atom stereocenters. The highest BCUT2D eigenvalue weighted by molar-refractivity contribution is 5.53. The normalized spacial score (nSPS) is 10.9. The van der Waals surface area contributed by atoms with Gasteiger partial charge in [-0.05, 0) is 12.5 Å². The molecule has 2 heterocycles. The second-order valence-corrected chi connectivity index (χ2v) is 2.63. The molecular weight excluding hydrogens is 162 g/mol. The average Bonchev–Trinajstić information content (AvgIpc) is 2.31. The third-order valence-electron chi connectivity index (χ3n) is 1.71. The molecule has 0 atom stereocenters. The Bertz CT molecular complexity index is 434. The van der Waals surface area contributed by atoms with Crippen molar-refractivity contribution in [1.29, 1.82) is 0 Å². The summed E-state index contributed by atoms with van der Waals surface area (Å²) in [5.41, 5.74) is 1.03. The highest BCUT2D eigenvalue weighted by Crippen LogP contribution is 2.14. The van der Waals surface area contributed by atoms with Crippen LogP contribution in [0, 0.1) is 18.6 Å². The third kappa shape index (κ3) is 0.879. The van der Waals surface area contributed by atoms with E-state index in [0.29, 0.717) is 11.1 Å². The minimum absolute atomic E-state index is 0.330. The molecule has 0 N–H and O–H groups in total. The Kier molecular flexibility index (Phi) is 1.36. The van der Waals surface area contributed by atoms with Crippen molar-refractivity contribution >= 4 is 5.52 Å². The number of rotatable bonds is 0. The van der Waals surface area contributed by atoms with Gasteiger partial charge in [-0.3, -0.25) is 0 Å². The molecule has 4 heteroatoms. The molecule has 0 fully saturated rings. The molecule has 0 aliphatic heterocycles. The van der Waals surface area contributed by atoms with E-state index in [1.165, 1.54) is 10.7 Å². The summed E-state index contributed by atoms with van der Waals surface area (Å²) in [6.07, 6.45) is 2.64. The summed E-state index contributed by atoms with van der Waals surface area (Å²) in [6, 6.07) is 0.851. The van der Waals surface area contributed by atoms with Gasteiger partial charge in [-0.15, -0.1) is 0 Å². The molecule has 2 nitrogen and oxygen atoms in total. The Morgan fingerprint density at radius 2 is 2.17 bits per heavy atom. The Labute approximate surface area is 67.4 Å². The van der Waals surface area contributed by atoms with E-state index in [9.17, 15) is 8.78 Å². The van der Waals surface area contributed by atoms with Gasteiger partial charge in [0.15, 0.2) is 5.82 Å². The molecule has 12 heavy (non-hydrogen) atoms. The van der Waals surface area contributed by atoms with Gasteiger partial charge in [-0.2, -0.15) is 5.10 Å². The van der Waals surface area contributed by atoms with Gasteiger partial charge in [0.1, 0.15) is 11.3 Å². The number of fused-ring (bicyclic) bond motifs is 1. The summed E-state index contributed by atoms with van der Waals surface area (Å²) >= 11 is 0. The van der Waals surface area contributed by atoms with E-state index in [-0.39, 0.29) is 0 Å². The second-order valence-electron chi connectivity index (χ2n) is 2.63. The maximum atomic E-state index is 13.0. The molecule has 0 aliphatic rings. The molecule has 0 aliphatic carbocycles. The fourth-order valence-electron chi connectivity index (χ4n) is 1.19. The first kappa shape index (κ1) is 7.21. The van der Waals surface area contributed by atoms with Gasteiger partial charge < -0.3 is 0 Å². The van der Waals surface area contributed by atoms with Crippen LogP contribution < -0.4 is 0 Å². The van der Waals surface area contributed by atoms with E-state index < -0.39 is 11.6 Å². The zero-order valence-electron chi connectivity index (χ0n) is 6.38. The van der Waals surface area contributed by atoms with Crippen LogP contribution in [0.5, 0.6) is 0 Å². The van der Waals surface area contributed by atoms with Gasteiger partial charge in [0.05, 0.1) is 12.4 Å². The Hall–Kier alpha value is -1.45. The van der Waals surface area contributed by atoms with Crippen LogP contribution in [0.25, 0.3) is 5.52 Å². The van der Waals surface area contributed by atoms with Crippen LogP contribution in [0.1, 0.15) is 5.56 Å². The first-order valence-electron chi connectivity index (χ1n) is 3.47. The smallest absolute Gasteiger partial charge is 0.152 e. The maximum absolute atomic E-state index is 13.0. The van der Waals surface area contributed by atoms with Crippen molar-refractivity contribution in [3.05, 3.63) is 35.7 Å². The van der Waals surface area contributed by atoms with Gasteiger partial charge >= 0.3 is 0 Å². The largest absolute Gasteiger partial charge is 0.235 e. The molecule has 0 spiro atoms. The van der Waals surface area contributed by atoms with Crippen LogP contribution in [-0.2, 0) is 0 Å². The number of halogens is 2. The summed E-state index contributed by atoms with van der Waals surface area (Å²) < 4.78 is 26.8. The number of aryl methyl sites for hydroxylation is 1. The lowest BCUT2D eigenvalue weighted by atomic mass is 10.3. The molecule has 2 aromatic heterocycles. The van der Waals surface area contributed by atoms with E-state index in [4.69, 9.17) is 0 Å². The van der Waals surface area contributed by atoms with Crippen molar-refractivity contribution in [3.8, 4) is 0 Å². The lowest BCUT2D eigenvalue weighted by Crippen LogP contribution is -1.92. The van der Waals surface area contributed by atoms with Crippen molar-refractivity contribution in [3.63, 3.8) is 0 Å². The maximum Gasteiger partial charge on any atom is 0.152 e. The Morgan fingerprint density at radius 3 is 2.92 bits per heavy atom. The van der Waals surface area contributed by atoms with E-state index in [1.807, 2.05) is 0 Å². The molecule has 0 bridgehead atoms. The fourth-order valence-corrected chi connectivity index (χ4v) is 1.19. The van der Waals surface area contributed by atoms with E-state index in [0.717, 1.165) is 12.3 Å². The lowest BCUT2D eigenvalue weighted by Gasteiger charge is -1.95. The van der Waals surface area contributed by atoms with Gasteiger partial charge in [0, 0.05) is 6.07 Å². The van der Waals surface area contributed by atoms with Crippen LogP contribution in [0.3, 0.4) is 0 Å². The topological polar surface area (TPSA) is 17.3 Å². The van der Waals surface area contributed by atoms with E-state index >= 15 is 0 Å². The highest BCUT2D eigenvalue weighted by atomic mass is 19.1. The second kappa shape index (κ2) is 2.27. The number of pyridine rings is 1. The molecule has 62 valence electrons. The molecule has 2 aromatic rings. The zero-order chi connectivity index (χ0) is 8.72. The number of aromatic nitrogens is 2. The lowest BCUT2D eigenvalue weighted by molar-refractivity contribution is 0.573. The Morgan fingerprint density at radius 1 is 1.42 bits per heavy atom. The number of hydrogen-bond donors (Lipinski definition) is 0. The molecule has 0 saturated heterocycles. The van der Waals surface area contributed by atoms with Crippen molar-refractivity contribution in [2.24, 2.45) is 0 Å². The first-order chi connectivity index (χ1) is 5.68. The van der Waals surface area contributed by atoms with Crippen molar-refractivity contribution < 1.29 is 8.78 Å². The number of nitrogens with zero attached hydrogens (tertiary/aromatic N) is 2. The summed E-state index contributed by atoms with van der Waals surface area (Å²) in [5.74, 6) is -1.20. The standard InChI is InChI=1S/C8H6F2N2/c1-5-3-11-12-4-6(9)2-7(10)8(5)12/h2-4H,1H3. The molecule has 0 aromatic carbocycles. The van der Waals surface area contributed by atoms with Crippen molar-refractivity contribution in [1.82, 2.24) is 9.61 Å². The van der Waals surface area contributed by atoms with Crippen LogP contribution in [0.4, 0.5) is 8.78 Å². The van der Waals surface area contributed by atoms with E-state index in [1.54, 1.807) is 6.92 Å². The summed E-state index contributed by atoms with van der Waals surface area (Å²) in [5, 5.41) is 3.78. The zero-order valence-corrected chi connectivity index (χ0v) is 6.38. The highest BCUT2D eigenvalue weighted by Gasteiger charge is 2.06. The van der Waals surface area contributed by atoms with Crippen LogP contribution in [0.15, 0.2) is 18.5 Å². The van der Waals surface area contributed by atoms with Crippen LogP contribution in [0.2, 0.25) is 0 Å². The molecule has 0 amide bonds. The van der Waals surface area contributed by atoms with Crippen molar-refractivity contribution in [2.45, 2.75) is 6.92 Å². The SMILES string of the molecule is Cc1cnn2cc(F)cc(F)c12. The first-order valence-corrected chi connectivity index (χ1v) is 3.47. The monoisotopic (exact) mass is 168 g/mol.